The minimum absolute atomic E-state index is 0.216. The predicted molar refractivity (Wildman–Crippen MR) is 143 cm³/mol. The number of carbonyl (C=O) groups is 1. The molecule has 0 unspecified atom stereocenters. The number of hydrogen-bond acceptors (Lipinski definition) is 5. The molecule has 184 valence electrons. The summed E-state index contributed by atoms with van der Waals surface area (Å²) in [5.74, 6) is -0.216. The summed E-state index contributed by atoms with van der Waals surface area (Å²) in [5.41, 5.74) is 6.57. The topological polar surface area (TPSA) is 77.1 Å². The number of amides is 1. The van der Waals surface area contributed by atoms with Gasteiger partial charge in [-0.25, -0.2) is 0 Å². The molecule has 0 bridgehead atoms. The zero-order valence-corrected chi connectivity index (χ0v) is 20.5. The second-order valence-electron chi connectivity index (χ2n) is 10.0. The van der Waals surface area contributed by atoms with Crippen molar-refractivity contribution in [2.24, 2.45) is 0 Å². The van der Waals surface area contributed by atoms with Crippen LogP contribution in [-0.2, 0) is 13.1 Å². The van der Waals surface area contributed by atoms with Gasteiger partial charge in [-0.05, 0) is 98.9 Å². The molecule has 2 N–H and O–H groups in total. The number of fused-ring (bicyclic) bond motifs is 1. The van der Waals surface area contributed by atoms with Crippen LogP contribution in [0.25, 0.3) is 22.0 Å². The molecule has 2 fully saturated rings. The smallest absolute Gasteiger partial charge is 0.276 e. The third-order valence-corrected chi connectivity index (χ3v) is 7.33. The Morgan fingerprint density at radius 2 is 1.50 bits per heavy atom. The normalized spacial score (nSPS) is 16.7. The first kappa shape index (κ1) is 22.9. The van der Waals surface area contributed by atoms with Crippen molar-refractivity contribution >= 4 is 22.5 Å². The average molecular weight is 481 g/mol. The third-order valence-electron chi connectivity index (χ3n) is 7.33. The Morgan fingerprint density at radius 3 is 2.22 bits per heavy atom. The van der Waals surface area contributed by atoms with E-state index in [1.165, 1.54) is 49.9 Å². The summed E-state index contributed by atoms with van der Waals surface area (Å²) in [6, 6.07) is 16.4. The first-order chi connectivity index (χ1) is 17.7. The van der Waals surface area contributed by atoms with E-state index in [1.54, 1.807) is 0 Å². The summed E-state index contributed by atoms with van der Waals surface area (Å²) in [5, 5.41) is 11.2. The number of likely N-dealkylation sites (tertiary alicyclic amines) is 2. The van der Waals surface area contributed by atoms with Gasteiger partial charge in [0.05, 0.1) is 5.52 Å². The van der Waals surface area contributed by atoms with Crippen LogP contribution >= 0.6 is 0 Å². The fourth-order valence-electron chi connectivity index (χ4n) is 5.38. The van der Waals surface area contributed by atoms with Gasteiger partial charge in [-0.1, -0.05) is 18.2 Å². The van der Waals surface area contributed by atoms with Gasteiger partial charge in [0.2, 0.25) is 0 Å². The number of hydrogen-bond donors (Lipinski definition) is 2. The molecule has 36 heavy (non-hydrogen) atoms. The van der Waals surface area contributed by atoms with Gasteiger partial charge in [-0.3, -0.25) is 24.7 Å². The van der Waals surface area contributed by atoms with E-state index in [1.807, 2.05) is 36.7 Å². The Kier molecular flexibility index (Phi) is 6.49. The third kappa shape index (κ3) is 5.03. The quantitative estimate of drug-likeness (QED) is 0.386. The molecule has 2 aliphatic heterocycles. The Balaban J connectivity index is 1.18. The van der Waals surface area contributed by atoms with Crippen LogP contribution in [0.5, 0.6) is 0 Å². The molecule has 7 nitrogen and oxygen atoms in total. The van der Waals surface area contributed by atoms with E-state index in [9.17, 15) is 4.79 Å². The molecule has 7 heteroatoms. The number of H-pyrrole nitrogens is 1. The number of nitrogens with zero attached hydrogens (tertiary/aromatic N) is 4. The average Bonchev–Trinajstić information content (AvgIpc) is 3.68. The predicted octanol–water partition coefficient (Wildman–Crippen LogP) is 5.07. The minimum atomic E-state index is -0.216. The van der Waals surface area contributed by atoms with Crippen LogP contribution in [0.15, 0.2) is 60.9 Å². The number of nitrogens with one attached hydrogen (secondary N) is 2. The number of pyridine rings is 1. The van der Waals surface area contributed by atoms with Crippen LogP contribution < -0.4 is 5.32 Å². The van der Waals surface area contributed by atoms with E-state index in [-0.39, 0.29) is 5.91 Å². The summed E-state index contributed by atoms with van der Waals surface area (Å²) < 4.78 is 0. The molecular weight excluding hydrogens is 448 g/mol. The lowest BCUT2D eigenvalue weighted by molar-refractivity contribution is 0.102. The van der Waals surface area contributed by atoms with Crippen molar-refractivity contribution in [1.29, 1.82) is 0 Å². The molecule has 2 aromatic heterocycles. The van der Waals surface area contributed by atoms with Crippen molar-refractivity contribution in [3.05, 3.63) is 77.7 Å². The molecular formula is C29H32N6O. The summed E-state index contributed by atoms with van der Waals surface area (Å²) in [6.07, 6.45) is 8.96. The Bertz CT molecular complexity index is 1350. The zero-order valence-electron chi connectivity index (χ0n) is 20.5. The maximum atomic E-state index is 13.1. The molecule has 0 aliphatic carbocycles. The van der Waals surface area contributed by atoms with E-state index >= 15 is 0 Å². The first-order valence-electron chi connectivity index (χ1n) is 13.0. The van der Waals surface area contributed by atoms with Gasteiger partial charge in [0.25, 0.3) is 5.91 Å². The Labute approximate surface area is 211 Å². The number of carbonyl (C=O) groups excluding carboxylic acids is 1. The maximum absolute atomic E-state index is 13.1. The second kappa shape index (κ2) is 10.2. The van der Waals surface area contributed by atoms with Crippen LogP contribution in [0, 0.1) is 0 Å². The summed E-state index contributed by atoms with van der Waals surface area (Å²) >= 11 is 0. The van der Waals surface area contributed by atoms with Gasteiger partial charge in [0, 0.05) is 42.1 Å². The van der Waals surface area contributed by atoms with Gasteiger partial charge in [0.1, 0.15) is 0 Å². The fourth-order valence-corrected chi connectivity index (χ4v) is 5.38. The summed E-state index contributed by atoms with van der Waals surface area (Å²) in [7, 11) is 0. The molecule has 4 aromatic rings. The molecule has 2 aliphatic rings. The number of anilines is 1. The standard InChI is InChI=1S/C29H32N6O/c36-29(31-25-8-5-21(6-9-25)19-34-11-1-2-12-34)28-26-16-23(7-10-27(26)32-33-28)24-15-22(17-30-18-24)20-35-13-3-4-14-35/h5-10,15-18H,1-4,11-14,19-20H2,(H,31,36)(H,32,33). The van der Waals surface area contributed by atoms with Crippen molar-refractivity contribution < 1.29 is 4.79 Å². The first-order valence-corrected chi connectivity index (χ1v) is 13.0. The highest BCUT2D eigenvalue weighted by molar-refractivity contribution is 6.11. The summed E-state index contributed by atoms with van der Waals surface area (Å²) in [4.78, 5) is 22.6. The van der Waals surface area contributed by atoms with Gasteiger partial charge < -0.3 is 5.32 Å². The van der Waals surface area contributed by atoms with Crippen molar-refractivity contribution in [3.63, 3.8) is 0 Å². The molecule has 2 aromatic carbocycles. The highest BCUT2D eigenvalue weighted by Crippen LogP contribution is 2.27. The van der Waals surface area contributed by atoms with Crippen LogP contribution in [0.4, 0.5) is 5.69 Å². The number of benzene rings is 2. The summed E-state index contributed by atoms with van der Waals surface area (Å²) in [6.45, 7) is 6.56. The lowest BCUT2D eigenvalue weighted by Crippen LogP contribution is -2.18. The van der Waals surface area contributed by atoms with E-state index in [0.717, 1.165) is 53.9 Å². The Hall–Kier alpha value is -3.55. The monoisotopic (exact) mass is 480 g/mol. The van der Waals surface area contributed by atoms with Crippen molar-refractivity contribution in [2.45, 2.75) is 38.8 Å². The Morgan fingerprint density at radius 1 is 0.806 bits per heavy atom. The second-order valence-corrected chi connectivity index (χ2v) is 10.0. The maximum Gasteiger partial charge on any atom is 0.276 e. The number of aromatic amines is 1. The molecule has 0 radical (unpaired) electrons. The molecule has 1 amide bonds. The molecule has 0 saturated carbocycles. The highest BCUT2D eigenvalue weighted by Gasteiger charge is 2.17. The van der Waals surface area contributed by atoms with Crippen molar-refractivity contribution in [1.82, 2.24) is 25.0 Å². The van der Waals surface area contributed by atoms with Crippen LogP contribution in [-0.4, -0.2) is 57.1 Å². The lowest BCUT2D eigenvalue weighted by atomic mass is 10.0. The molecule has 6 rings (SSSR count). The molecule has 2 saturated heterocycles. The zero-order chi connectivity index (χ0) is 24.3. The highest BCUT2D eigenvalue weighted by atomic mass is 16.1. The van der Waals surface area contributed by atoms with Crippen LogP contribution in [0.1, 0.15) is 47.3 Å². The van der Waals surface area contributed by atoms with Gasteiger partial charge in [0.15, 0.2) is 5.69 Å². The number of aromatic nitrogens is 3. The van der Waals surface area contributed by atoms with Crippen molar-refractivity contribution in [2.75, 3.05) is 31.5 Å². The van der Waals surface area contributed by atoms with Crippen molar-refractivity contribution in [3.8, 4) is 11.1 Å². The number of rotatable bonds is 7. The molecule has 0 atom stereocenters. The van der Waals surface area contributed by atoms with Gasteiger partial charge in [-0.15, -0.1) is 0 Å². The van der Waals surface area contributed by atoms with E-state index in [2.05, 4.69) is 54.6 Å². The molecule has 0 spiro atoms. The lowest BCUT2D eigenvalue weighted by Gasteiger charge is -2.15. The largest absolute Gasteiger partial charge is 0.321 e. The molecule has 4 heterocycles. The van der Waals surface area contributed by atoms with Gasteiger partial charge >= 0.3 is 0 Å². The van der Waals surface area contributed by atoms with E-state index in [0.29, 0.717) is 5.69 Å². The SMILES string of the molecule is O=C(Nc1ccc(CN2CCCC2)cc1)c1n[nH]c2ccc(-c3cncc(CN4CCCC4)c3)cc12. The van der Waals surface area contributed by atoms with E-state index in [4.69, 9.17) is 0 Å². The van der Waals surface area contributed by atoms with Gasteiger partial charge in [-0.2, -0.15) is 5.10 Å². The minimum Gasteiger partial charge on any atom is -0.321 e. The van der Waals surface area contributed by atoms with E-state index < -0.39 is 0 Å². The van der Waals surface area contributed by atoms with Crippen LogP contribution in [0.3, 0.4) is 0 Å². The fraction of sp³-hybridized carbons (Fsp3) is 0.345. The van der Waals surface area contributed by atoms with Crippen LogP contribution in [0.2, 0.25) is 0 Å².